The fourth-order valence-corrected chi connectivity index (χ4v) is 3.35. The van der Waals surface area contributed by atoms with Crippen LogP contribution < -0.4 is 5.32 Å². The highest BCUT2D eigenvalue weighted by Gasteiger charge is 2.66. The number of nitrogens with one attached hydrogen (secondary N) is 1. The smallest absolute Gasteiger partial charge is 0.440 e. The van der Waals surface area contributed by atoms with Crippen molar-refractivity contribution in [1.82, 2.24) is 5.32 Å². The SMILES string of the molecule is O=C(O)C1CCC(NC(=O)[C@@]2(C(F)(F)F)CC(c3cc(F)cc(F)c3)=NO2)C1. The minimum absolute atomic E-state index is 0.00215. The van der Waals surface area contributed by atoms with Crippen LogP contribution in [-0.4, -0.2) is 40.5 Å². The van der Waals surface area contributed by atoms with Crippen molar-refractivity contribution in [2.75, 3.05) is 0 Å². The van der Waals surface area contributed by atoms with E-state index >= 15 is 0 Å². The molecule has 1 heterocycles. The van der Waals surface area contributed by atoms with Crippen LogP contribution in [0.5, 0.6) is 0 Å². The van der Waals surface area contributed by atoms with E-state index in [-0.39, 0.29) is 24.8 Å². The van der Waals surface area contributed by atoms with Crippen molar-refractivity contribution < 1.29 is 41.5 Å². The number of rotatable bonds is 4. The summed E-state index contributed by atoms with van der Waals surface area (Å²) in [6.07, 6.45) is -5.80. The maximum absolute atomic E-state index is 13.7. The monoisotopic (exact) mass is 406 g/mol. The van der Waals surface area contributed by atoms with Gasteiger partial charge in [0.05, 0.1) is 18.1 Å². The van der Waals surface area contributed by atoms with Gasteiger partial charge in [0.2, 0.25) is 0 Å². The van der Waals surface area contributed by atoms with Crippen LogP contribution in [0.3, 0.4) is 0 Å². The average molecular weight is 406 g/mol. The standard InChI is InChI=1S/C17H15F5N2O4/c18-10-3-9(4-11(19)6-10)13-7-16(28-24-13,17(20,21)22)15(27)23-12-2-1-8(5-12)14(25)26/h3-4,6,8,12H,1-2,5,7H2,(H,23,27)(H,25,26)/t8?,12?,16-/m1/s1. The number of halogens is 5. The molecule has 11 heteroatoms. The van der Waals surface area contributed by atoms with Gasteiger partial charge >= 0.3 is 17.7 Å². The van der Waals surface area contributed by atoms with Crippen LogP contribution >= 0.6 is 0 Å². The number of nitrogens with zero attached hydrogens (tertiary/aromatic N) is 1. The summed E-state index contributed by atoms with van der Waals surface area (Å²) in [5.41, 5.74) is -4.06. The number of alkyl halides is 3. The van der Waals surface area contributed by atoms with Crippen LogP contribution in [0.1, 0.15) is 31.2 Å². The highest BCUT2D eigenvalue weighted by Crippen LogP contribution is 2.42. The third-order valence-electron chi connectivity index (χ3n) is 4.87. The van der Waals surface area contributed by atoms with E-state index in [4.69, 9.17) is 5.11 Å². The summed E-state index contributed by atoms with van der Waals surface area (Å²) in [6.45, 7) is 0. The van der Waals surface area contributed by atoms with Crippen molar-refractivity contribution in [3.8, 4) is 0 Å². The lowest BCUT2D eigenvalue weighted by molar-refractivity contribution is -0.259. The predicted molar refractivity (Wildman–Crippen MR) is 84.3 cm³/mol. The summed E-state index contributed by atoms with van der Waals surface area (Å²) < 4.78 is 67.8. The molecule has 6 nitrogen and oxygen atoms in total. The molecule has 2 N–H and O–H groups in total. The molecule has 0 spiro atoms. The molecule has 1 aromatic carbocycles. The molecule has 0 saturated heterocycles. The molecule has 2 unspecified atom stereocenters. The number of carboxylic acids is 1. The van der Waals surface area contributed by atoms with Gasteiger partial charge in [-0.3, -0.25) is 9.59 Å². The highest BCUT2D eigenvalue weighted by molar-refractivity contribution is 6.05. The van der Waals surface area contributed by atoms with Crippen LogP contribution in [-0.2, 0) is 14.4 Å². The van der Waals surface area contributed by atoms with Gasteiger partial charge < -0.3 is 15.3 Å². The van der Waals surface area contributed by atoms with Gasteiger partial charge in [-0.15, -0.1) is 0 Å². The topological polar surface area (TPSA) is 88.0 Å². The van der Waals surface area contributed by atoms with E-state index in [2.05, 4.69) is 15.3 Å². The fraction of sp³-hybridized carbons (Fsp3) is 0.471. The van der Waals surface area contributed by atoms with Crippen LogP contribution in [0.25, 0.3) is 0 Å². The normalized spacial score (nSPS) is 27.2. The molecule has 1 saturated carbocycles. The van der Waals surface area contributed by atoms with Crippen molar-refractivity contribution in [3.05, 3.63) is 35.4 Å². The number of hydrogen-bond acceptors (Lipinski definition) is 4. The Labute approximate surface area is 155 Å². The van der Waals surface area contributed by atoms with Crippen molar-refractivity contribution in [2.24, 2.45) is 11.1 Å². The highest BCUT2D eigenvalue weighted by atomic mass is 19.4. The molecule has 3 rings (SSSR count). The zero-order valence-electron chi connectivity index (χ0n) is 14.2. The van der Waals surface area contributed by atoms with Crippen molar-refractivity contribution >= 4 is 17.6 Å². The van der Waals surface area contributed by atoms with Gasteiger partial charge in [0.15, 0.2) is 0 Å². The van der Waals surface area contributed by atoms with Crippen LogP contribution in [0.4, 0.5) is 22.0 Å². The van der Waals surface area contributed by atoms with E-state index in [0.717, 1.165) is 12.1 Å². The molecule has 1 aliphatic carbocycles. The first-order chi connectivity index (χ1) is 13.0. The molecule has 1 fully saturated rings. The Bertz CT molecular complexity index is 821. The van der Waals surface area contributed by atoms with Crippen LogP contribution in [0, 0.1) is 17.6 Å². The molecule has 0 bridgehead atoms. The van der Waals surface area contributed by atoms with Gasteiger partial charge in [-0.2, -0.15) is 13.2 Å². The molecule has 3 atom stereocenters. The Morgan fingerprint density at radius 1 is 1.18 bits per heavy atom. The van der Waals surface area contributed by atoms with E-state index < -0.39 is 59.4 Å². The third kappa shape index (κ3) is 3.65. The second-order valence-electron chi connectivity index (χ2n) is 6.81. The Kier molecular flexibility index (Phi) is 5.02. The number of aliphatic carboxylic acids is 1. The summed E-state index contributed by atoms with van der Waals surface area (Å²) in [6, 6.07) is 1.35. The summed E-state index contributed by atoms with van der Waals surface area (Å²) in [7, 11) is 0. The number of carboxylic acid groups (broad SMARTS) is 1. The fourth-order valence-electron chi connectivity index (χ4n) is 3.35. The minimum Gasteiger partial charge on any atom is -0.481 e. The zero-order chi connectivity index (χ0) is 20.7. The lowest BCUT2D eigenvalue weighted by atomic mass is 9.92. The molecule has 28 heavy (non-hydrogen) atoms. The average Bonchev–Trinajstić information content (AvgIpc) is 3.21. The lowest BCUT2D eigenvalue weighted by Gasteiger charge is -2.29. The Morgan fingerprint density at radius 2 is 1.82 bits per heavy atom. The van der Waals surface area contributed by atoms with Gasteiger partial charge in [-0.05, 0) is 31.4 Å². The van der Waals surface area contributed by atoms with E-state index in [0.29, 0.717) is 6.07 Å². The van der Waals surface area contributed by atoms with E-state index in [9.17, 15) is 31.5 Å². The van der Waals surface area contributed by atoms with Crippen LogP contribution in [0.15, 0.2) is 23.4 Å². The minimum atomic E-state index is -5.17. The maximum atomic E-state index is 13.7. The predicted octanol–water partition coefficient (Wildman–Crippen LogP) is 2.76. The van der Waals surface area contributed by atoms with Crippen molar-refractivity contribution in [3.63, 3.8) is 0 Å². The first-order valence-electron chi connectivity index (χ1n) is 8.34. The molecular formula is C17H15F5N2O4. The number of amides is 1. The second kappa shape index (κ2) is 7.02. The number of hydrogen-bond donors (Lipinski definition) is 2. The number of carbonyl (C=O) groups is 2. The van der Waals surface area contributed by atoms with E-state index in [1.807, 2.05) is 0 Å². The second-order valence-corrected chi connectivity index (χ2v) is 6.81. The van der Waals surface area contributed by atoms with Crippen LogP contribution in [0.2, 0.25) is 0 Å². The van der Waals surface area contributed by atoms with Gasteiger partial charge in [0.25, 0.3) is 5.91 Å². The first kappa shape index (κ1) is 20.0. The third-order valence-corrected chi connectivity index (χ3v) is 4.87. The van der Waals surface area contributed by atoms with Crippen molar-refractivity contribution in [1.29, 1.82) is 0 Å². The molecule has 1 aromatic rings. The van der Waals surface area contributed by atoms with E-state index in [1.54, 1.807) is 0 Å². The van der Waals surface area contributed by atoms with Gasteiger partial charge in [-0.25, -0.2) is 8.78 Å². The van der Waals surface area contributed by atoms with Gasteiger partial charge in [0.1, 0.15) is 11.6 Å². The summed E-state index contributed by atoms with van der Waals surface area (Å²) in [5.74, 6) is -5.39. The molecule has 1 aliphatic heterocycles. The molecule has 152 valence electrons. The van der Waals surface area contributed by atoms with Crippen molar-refractivity contribution in [2.45, 2.75) is 43.5 Å². The summed E-state index contributed by atoms with van der Waals surface area (Å²) in [4.78, 5) is 27.9. The lowest BCUT2D eigenvalue weighted by Crippen LogP contribution is -2.58. The Hall–Kier alpha value is -2.72. The van der Waals surface area contributed by atoms with E-state index in [1.165, 1.54) is 0 Å². The Balaban J connectivity index is 1.80. The van der Waals surface area contributed by atoms with Gasteiger partial charge in [-0.1, -0.05) is 5.16 Å². The van der Waals surface area contributed by atoms with Gasteiger partial charge in [0, 0.05) is 17.7 Å². The quantitative estimate of drug-likeness (QED) is 0.753. The number of benzene rings is 1. The molecular weight excluding hydrogens is 391 g/mol. The summed E-state index contributed by atoms with van der Waals surface area (Å²) >= 11 is 0. The zero-order valence-corrected chi connectivity index (χ0v) is 14.2. The number of carbonyl (C=O) groups excluding carboxylic acids is 1. The number of oxime groups is 1. The molecule has 0 radical (unpaired) electrons. The largest absolute Gasteiger partial charge is 0.481 e. The first-order valence-corrected chi connectivity index (χ1v) is 8.34. The molecule has 1 amide bonds. The Morgan fingerprint density at radius 3 is 2.36 bits per heavy atom. The molecule has 0 aromatic heterocycles. The molecule has 2 aliphatic rings. The summed E-state index contributed by atoms with van der Waals surface area (Å²) in [5, 5.41) is 14.4. The maximum Gasteiger partial charge on any atom is 0.440 e.